The summed E-state index contributed by atoms with van der Waals surface area (Å²) in [5.41, 5.74) is 20.4. The summed E-state index contributed by atoms with van der Waals surface area (Å²) in [6.07, 6.45) is 0. The summed E-state index contributed by atoms with van der Waals surface area (Å²) in [5, 5.41) is 8.55. The second-order valence-corrected chi connectivity index (χ2v) is 17.8. The third-order valence-corrected chi connectivity index (χ3v) is 14.4. The molecule has 0 unspecified atom stereocenters. The van der Waals surface area contributed by atoms with Crippen LogP contribution in [0.2, 0.25) is 0 Å². The number of pyridine rings is 1. The highest BCUT2D eigenvalue weighted by Gasteiger charge is 2.52. The van der Waals surface area contributed by atoms with Gasteiger partial charge >= 0.3 is 0 Å². The molecule has 1 heteroatoms. The maximum atomic E-state index is 5.54. The fourth-order valence-electron chi connectivity index (χ4n) is 11.6. The van der Waals surface area contributed by atoms with E-state index in [0.717, 1.165) is 27.7 Å². The van der Waals surface area contributed by atoms with Gasteiger partial charge in [0.2, 0.25) is 0 Å². The topological polar surface area (TPSA) is 12.9 Å². The summed E-state index contributed by atoms with van der Waals surface area (Å²) in [5.74, 6) is 0. The summed E-state index contributed by atoms with van der Waals surface area (Å²) < 4.78 is 0. The highest BCUT2D eigenvalue weighted by atomic mass is 14.7. The molecule has 11 aromatic carbocycles. The van der Waals surface area contributed by atoms with Gasteiger partial charge in [-0.25, -0.2) is 4.98 Å². The minimum atomic E-state index is -0.420. The molecule has 0 saturated heterocycles. The average Bonchev–Trinajstić information content (AvgIpc) is 3.85. The van der Waals surface area contributed by atoms with Crippen molar-refractivity contribution in [3.8, 4) is 66.9 Å². The molecule has 1 heterocycles. The zero-order valence-corrected chi connectivity index (χ0v) is 35.5. The highest BCUT2D eigenvalue weighted by Crippen LogP contribution is 2.64. The molecule has 0 fully saturated rings. The quantitative estimate of drug-likeness (QED) is 0.161. The van der Waals surface area contributed by atoms with Gasteiger partial charge in [0, 0.05) is 21.7 Å². The van der Waals surface area contributed by atoms with Gasteiger partial charge in [-0.15, -0.1) is 0 Å². The van der Waals surface area contributed by atoms with Crippen LogP contribution in [0.3, 0.4) is 0 Å². The molecule has 65 heavy (non-hydrogen) atoms. The molecule has 12 aromatic rings. The van der Waals surface area contributed by atoms with Gasteiger partial charge in [0.1, 0.15) is 0 Å². The van der Waals surface area contributed by atoms with E-state index in [-0.39, 0.29) is 0 Å². The number of hydrogen-bond donors (Lipinski definition) is 0. The maximum absolute atomic E-state index is 5.54. The van der Waals surface area contributed by atoms with Gasteiger partial charge in [-0.2, -0.15) is 0 Å². The molecule has 0 bridgehead atoms. The Bertz CT molecular complexity index is 3820. The lowest BCUT2D eigenvalue weighted by atomic mass is 9.70. The van der Waals surface area contributed by atoms with Crippen molar-refractivity contribution in [1.29, 1.82) is 0 Å². The van der Waals surface area contributed by atoms with Crippen molar-refractivity contribution in [2.75, 3.05) is 0 Å². The first kappa shape index (κ1) is 36.1. The van der Waals surface area contributed by atoms with Gasteiger partial charge < -0.3 is 0 Å². The Morgan fingerprint density at radius 1 is 0.277 bits per heavy atom. The zero-order chi connectivity index (χ0) is 42.6. The molecule has 2 aliphatic rings. The number of benzene rings is 11. The van der Waals surface area contributed by atoms with E-state index in [1.807, 2.05) is 0 Å². The minimum absolute atomic E-state index is 0.420. The summed E-state index contributed by atoms with van der Waals surface area (Å²) in [6.45, 7) is 0. The smallest absolute Gasteiger partial charge is 0.0788 e. The highest BCUT2D eigenvalue weighted by molar-refractivity contribution is 6.20. The normalized spacial score (nSPS) is 13.0. The Kier molecular flexibility index (Phi) is 7.67. The summed E-state index contributed by atoms with van der Waals surface area (Å²) in [6, 6.07) is 87.8. The Morgan fingerprint density at radius 3 is 1.38 bits per heavy atom. The number of nitrogens with zero attached hydrogens (tertiary/aromatic N) is 1. The van der Waals surface area contributed by atoms with Crippen molar-refractivity contribution in [1.82, 2.24) is 4.98 Å². The van der Waals surface area contributed by atoms with Crippen molar-refractivity contribution >= 4 is 43.2 Å². The lowest BCUT2D eigenvalue weighted by Crippen LogP contribution is -2.25. The molecule has 14 rings (SSSR count). The van der Waals surface area contributed by atoms with Gasteiger partial charge in [0.05, 0.1) is 16.6 Å². The van der Waals surface area contributed by atoms with Gasteiger partial charge in [0.15, 0.2) is 0 Å². The Hall–Kier alpha value is -8.39. The van der Waals surface area contributed by atoms with Crippen LogP contribution in [0.1, 0.15) is 22.3 Å². The molecule has 1 nitrogen and oxygen atoms in total. The third-order valence-electron chi connectivity index (χ3n) is 14.4. The number of para-hydroxylation sites is 1. The van der Waals surface area contributed by atoms with Crippen molar-refractivity contribution in [3.63, 3.8) is 0 Å². The molecule has 1 aromatic heterocycles. The Morgan fingerprint density at radius 2 is 0.754 bits per heavy atom. The van der Waals surface area contributed by atoms with Gasteiger partial charge in [0.25, 0.3) is 0 Å². The molecule has 1 spiro atoms. The van der Waals surface area contributed by atoms with E-state index < -0.39 is 5.41 Å². The number of aromatic nitrogens is 1. The largest absolute Gasteiger partial charge is 0.247 e. The third kappa shape index (κ3) is 5.24. The van der Waals surface area contributed by atoms with E-state index in [2.05, 4.69) is 237 Å². The zero-order valence-electron chi connectivity index (χ0n) is 35.5. The molecule has 0 atom stereocenters. The number of fused-ring (bicyclic) bond motifs is 16. The number of hydrogen-bond acceptors (Lipinski definition) is 1. The monoisotopic (exact) mass is 821 g/mol. The average molecular weight is 822 g/mol. The maximum Gasteiger partial charge on any atom is 0.0788 e. The van der Waals surface area contributed by atoms with Gasteiger partial charge in [-0.3, -0.25) is 0 Å². The van der Waals surface area contributed by atoms with Crippen LogP contribution in [0.4, 0.5) is 0 Å². The number of rotatable bonds is 4. The summed E-state index contributed by atoms with van der Waals surface area (Å²) in [7, 11) is 0. The molecular formula is C64H39N. The van der Waals surface area contributed by atoms with E-state index in [1.54, 1.807) is 0 Å². The molecule has 300 valence electrons. The molecule has 0 amide bonds. The van der Waals surface area contributed by atoms with Crippen molar-refractivity contribution < 1.29 is 0 Å². The van der Waals surface area contributed by atoms with Crippen LogP contribution in [0.25, 0.3) is 110 Å². The van der Waals surface area contributed by atoms with E-state index >= 15 is 0 Å². The van der Waals surface area contributed by atoms with Crippen LogP contribution in [-0.4, -0.2) is 4.98 Å². The minimum Gasteiger partial charge on any atom is -0.247 e. The van der Waals surface area contributed by atoms with Crippen LogP contribution in [0.15, 0.2) is 237 Å². The SMILES string of the molecule is c1cc(-c2cc(-c3ccc4ccccc4c3)cc(-c3ccc4ccccc4c3)c2)cc(-c2nc3ccccc3c3c4c(ccc23)C2(c3ccccc3-c3ccccc32)c2ccccc2-4)c1. The van der Waals surface area contributed by atoms with Gasteiger partial charge in [-0.1, -0.05) is 194 Å². The van der Waals surface area contributed by atoms with Crippen LogP contribution < -0.4 is 0 Å². The van der Waals surface area contributed by atoms with E-state index in [1.165, 1.54) is 105 Å². The fourth-order valence-corrected chi connectivity index (χ4v) is 11.6. The first-order valence-electron chi connectivity index (χ1n) is 22.6. The van der Waals surface area contributed by atoms with Crippen LogP contribution >= 0.6 is 0 Å². The molecule has 0 saturated carbocycles. The second-order valence-electron chi connectivity index (χ2n) is 17.8. The van der Waals surface area contributed by atoms with Crippen LogP contribution in [0.5, 0.6) is 0 Å². The first-order valence-corrected chi connectivity index (χ1v) is 22.6. The summed E-state index contributed by atoms with van der Waals surface area (Å²) in [4.78, 5) is 5.54. The molecular weight excluding hydrogens is 783 g/mol. The second kappa shape index (κ2) is 13.8. The Labute approximate surface area is 377 Å². The molecule has 2 aliphatic carbocycles. The predicted molar refractivity (Wildman–Crippen MR) is 272 cm³/mol. The predicted octanol–water partition coefficient (Wildman–Crippen LogP) is 16.7. The van der Waals surface area contributed by atoms with Crippen LogP contribution in [-0.2, 0) is 5.41 Å². The fraction of sp³-hybridized carbons (Fsp3) is 0.0156. The van der Waals surface area contributed by atoms with E-state index in [4.69, 9.17) is 4.98 Å². The lowest BCUT2D eigenvalue weighted by molar-refractivity contribution is 0.794. The molecule has 0 N–H and O–H groups in total. The van der Waals surface area contributed by atoms with E-state index in [0.29, 0.717) is 0 Å². The van der Waals surface area contributed by atoms with Crippen molar-refractivity contribution in [2.24, 2.45) is 0 Å². The summed E-state index contributed by atoms with van der Waals surface area (Å²) >= 11 is 0. The van der Waals surface area contributed by atoms with Gasteiger partial charge in [-0.05, 0) is 142 Å². The Balaban J connectivity index is 0.994. The van der Waals surface area contributed by atoms with Crippen LogP contribution in [0, 0.1) is 0 Å². The van der Waals surface area contributed by atoms with Crippen molar-refractivity contribution in [3.05, 3.63) is 259 Å². The van der Waals surface area contributed by atoms with E-state index in [9.17, 15) is 0 Å². The first-order chi connectivity index (χ1) is 32.2. The molecule has 0 radical (unpaired) electrons. The standard InChI is InChI=1S/C64H39N/c1-3-16-42-34-45(30-28-40(42)14-1)49-37-48(38-50(39-49)46-31-29-41-15-2-4-17-43(41)35-46)44-18-13-19-47(36-44)63-55-32-33-59-62(61(55)54-23-8-12-27-60(54)65-63)53-22-7-11-26-58(53)64(59)56-24-9-5-20-51(56)52-21-6-10-25-57(52)64/h1-39H. The lowest BCUT2D eigenvalue weighted by Gasteiger charge is -2.30. The van der Waals surface area contributed by atoms with Crippen molar-refractivity contribution in [2.45, 2.75) is 5.41 Å². The molecule has 0 aliphatic heterocycles.